The molecule has 1 N–H and O–H groups in total. The monoisotopic (exact) mass is 296 g/mol. The Balaban J connectivity index is 1.67. The number of halogens is 1. The Hall–Kier alpha value is -1.07. The van der Waals surface area contributed by atoms with Crippen molar-refractivity contribution in [3.05, 3.63) is 35.6 Å². The number of hydrogen-bond acceptors (Lipinski definition) is 3. The van der Waals surface area contributed by atoms with Gasteiger partial charge in [0, 0.05) is 11.8 Å². The normalized spacial score (nSPS) is 17.1. The smallest absolute Gasteiger partial charge is 0.230 e. The van der Waals surface area contributed by atoms with Crippen molar-refractivity contribution in [2.45, 2.75) is 24.6 Å². The fraction of sp³-hybridized carbons (Fsp3) is 0.533. The molecule has 2 rings (SSSR count). The number of hydrogen-bond donors (Lipinski definition) is 1. The van der Waals surface area contributed by atoms with Crippen LogP contribution in [0.2, 0.25) is 0 Å². The number of piperidine rings is 1. The van der Waals surface area contributed by atoms with Crippen LogP contribution in [0.25, 0.3) is 0 Å². The molecule has 1 fully saturated rings. The van der Waals surface area contributed by atoms with Crippen molar-refractivity contribution >= 4 is 17.7 Å². The molecule has 0 spiro atoms. The average molecular weight is 296 g/mol. The number of thioether (sulfide) groups is 1. The molecule has 3 nitrogen and oxygen atoms in total. The number of rotatable bonds is 5. The van der Waals surface area contributed by atoms with E-state index in [0.29, 0.717) is 23.1 Å². The molecule has 1 aliphatic rings. The first-order chi connectivity index (χ1) is 9.65. The standard InChI is InChI=1S/C15H21FN2OS/c1-18-8-6-13(7-9-18)17-15(19)11-20-10-12-4-2-3-5-14(12)16/h2-5,13H,6-11H2,1H3,(H,17,19). The highest BCUT2D eigenvalue weighted by atomic mass is 32.2. The van der Waals surface area contributed by atoms with Crippen LogP contribution in [0.5, 0.6) is 0 Å². The third-order valence-electron chi connectivity index (χ3n) is 3.53. The summed E-state index contributed by atoms with van der Waals surface area (Å²) in [4.78, 5) is 14.1. The van der Waals surface area contributed by atoms with E-state index in [1.807, 2.05) is 6.07 Å². The molecule has 0 atom stereocenters. The lowest BCUT2D eigenvalue weighted by Gasteiger charge is -2.29. The number of likely N-dealkylation sites (tertiary alicyclic amines) is 1. The van der Waals surface area contributed by atoms with E-state index in [4.69, 9.17) is 0 Å². The van der Waals surface area contributed by atoms with Crippen LogP contribution < -0.4 is 5.32 Å². The number of nitrogens with one attached hydrogen (secondary N) is 1. The molecular formula is C15H21FN2OS. The summed E-state index contributed by atoms with van der Waals surface area (Å²) in [7, 11) is 2.10. The zero-order valence-corrected chi connectivity index (χ0v) is 12.6. The van der Waals surface area contributed by atoms with Crippen molar-refractivity contribution < 1.29 is 9.18 Å². The topological polar surface area (TPSA) is 32.3 Å². The van der Waals surface area contributed by atoms with Gasteiger partial charge in [0.15, 0.2) is 0 Å². The molecule has 1 aromatic rings. The molecule has 0 bridgehead atoms. The Labute approximate surface area is 123 Å². The van der Waals surface area contributed by atoms with Gasteiger partial charge in [0.1, 0.15) is 5.82 Å². The first kappa shape index (κ1) is 15.3. The van der Waals surface area contributed by atoms with E-state index in [-0.39, 0.29) is 11.7 Å². The highest BCUT2D eigenvalue weighted by molar-refractivity contribution is 7.99. The summed E-state index contributed by atoms with van der Waals surface area (Å²) in [6, 6.07) is 7.01. The van der Waals surface area contributed by atoms with Gasteiger partial charge in [-0.3, -0.25) is 4.79 Å². The van der Waals surface area contributed by atoms with Crippen LogP contribution >= 0.6 is 11.8 Å². The summed E-state index contributed by atoms with van der Waals surface area (Å²) in [5.74, 6) is 0.783. The molecule has 1 aliphatic heterocycles. The lowest BCUT2D eigenvalue weighted by atomic mass is 10.1. The Morgan fingerprint density at radius 2 is 2.10 bits per heavy atom. The van der Waals surface area contributed by atoms with E-state index in [2.05, 4.69) is 17.3 Å². The summed E-state index contributed by atoms with van der Waals surface area (Å²) in [6.45, 7) is 2.07. The summed E-state index contributed by atoms with van der Waals surface area (Å²) < 4.78 is 13.4. The third kappa shape index (κ3) is 4.80. The molecule has 1 aromatic carbocycles. The predicted octanol–water partition coefficient (Wildman–Crippen LogP) is 2.27. The number of carbonyl (C=O) groups excluding carboxylic acids is 1. The fourth-order valence-corrected chi connectivity index (χ4v) is 3.12. The number of carbonyl (C=O) groups is 1. The SMILES string of the molecule is CN1CCC(NC(=O)CSCc2ccccc2F)CC1. The molecule has 0 saturated carbocycles. The lowest BCUT2D eigenvalue weighted by Crippen LogP contribution is -2.43. The van der Waals surface area contributed by atoms with Gasteiger partial charge in [-0.1, -0.05) is 18.2 Å². The van der Waals surface area contributed by atoms with E-state index < -0.39 is 0 Å². The highest BCUT2D eigenvalue weighted by Gasteiger charge is 2.18. The van der Waals surface area contributed by atoms with Crippen LogP contribution in [-0.2, 0) is 10.5 Å². The Bertz CT molecular complexity index is 447. The zero-order chi connectivity index (χ0) is 14.4. The van der Waals surface area contributed by atoms with Crippen LogP contribution in [0.15, 0.2) is 24.3 Å². The van der Waals surface area contributed by atoms with Gasteiger partial charge in [0.25, 0.3) is 0 Å². The zero-order valence-electron chi connectivity index (χ0n) is 11.8. The van der Waals surface area contributed by atoms with Crippen molar-refractivity contribution in [1.82, 2.24) is 10.2 Å². The van der Waals surface area contributed by atoms with Crippen molar-refractivity contribution in [1.29, 1.82) is 0 Å². The largest absolute Gasteiger partial charge is 0.353 e. The number of amides is 1. The summed E-state index contributed by atoms with van der Waals surface area (Å²) in [6.07, 6.45) is 2.03. The quantitative estimate of drug-likeness (QED) is 0.904. The van der Waals surface area contributed by atoms with E-state index in [9.17, 15) is 9.18 Å². The van der Waals surface area contributed by atoms with Crippen molar-refractivity contribution in [3.63, 3.8) is 0 Å². The predicted molar refractivity (Wildman–Crippen MR) is 81.2 cm³/mol. The molecule has 1 saturated heterocycles. The molecule has 1 heterocycles. The fourth-order valence-electron chi connectivity index (χ4n) is 2.29. The summed E-state index contributed by atoms with van der Waals surface area (Å²) in [5, 5.41) is 3.06. The van der Waals surface area contributed by atoms with Gasteiger partial charge in [-0.05, 0) is 44.6 Å². The molecule has 110 valence electrons. The van der Waals surface area contributed by atoms with E-state index in [1.165, 1.54) is 17.8 Å². The van der Waals surface area contributed by atoms with Crippen LogP contribution in [0.4, 0.5) is 4.39 Å². The molecule has 0 aromatic heterocycles. The van der Waals surface area contributed by atoms with Gasteiger partial charge in [0.2, 0.25) is 5.91 Å². The maximum absolute atomic E-state index is 13.4. The minimum absolute atomic E-state index is 0.0564. The lowest BCUT2D eigenvalue weighted by molar-refractivity contribution is -0.119. The van der Waals surface area contributed by atoms with Crippen molar-refractivity contribution in [2.75, 3.05) is 25.9 Å². The minimum atomic E-state index is -0.198. The molecule has 0 aliphatic carbocycles. The van der Waals surface area contributed by atoms with Crippen LogP contribution in [0.3, 0.4) is 0 Å². The second-order valence-electron chi connectivity index (χ2n) is 5.23. The van der Waals surface area contributed by atoms with E-state index >= 15 is 0 Å². The maximum Gasteiger partial charge on any atom is 0.230 e. The van der Waals surface area contributed by atoms with Gasteiger partial charge in [-0.2, -0.15) is 0 Å². The molecule has 0 radical (unpaired) electrons. The van der Waals surface area contributed by atoms with Gasteiger partial charge >= 0.3 is 0 Å². The third-order valence-corrected chi connectivity index (χ3v) is 4.51. The van der Waals surface area contributed by atoms with Gasteiger partial charge in [-0.15, -0.1) is 11.8 Å². The Morgan fingerprint density at radius 1 is 1.40 bits per heavy atom. The highest BCUT2D eigenvalue weighted by Crippen LogP contribution is 2.15. The summed E-state index contributed by atoms with van der Waals surface area (Å²) in [5.41, 5.74) is 0.657. The second-order valence-corrected chi connectivity index (χ2v) is 6.21. The minimum Gasteiger partial charge on any atom is -0.353 e. The first-order valence-corrected chi connectivity index (χ1v) is 8.09. The molecular weight excluding hydrogens is 275 g/mol. The number of nitrogens with zero attached hydrogens (tertiary/aromatic N) is 1. The van der Waals surface area contributed by atoms with E-state index in [1.54, 1.807) is 12.1 Å². The molecule has 1 amide bonds. The molecule has 0 unspecified atom stereocenters. The Kier molecular flexibility index (Phi) is 5.86. The van der Waals surface area contributed by atoms with Crippen LogP contribution in [0.1, 0.15) is 18.4 Å². The van der Waals surface area contributed by atoms with E-state index in [0.717, 1.165) is 25.9 Å². The molecule has 20 heavy (non-hydrogen) atoms. The van der Waals surface area contributed by atoms with Gasteiger partial charge in [-0.25, -0.2) is 4.39 Å². The molecule has 5 heteroatoms. The van der Waals surface area contributed by atoms with Gasteiger partial charge in [0.05, 0.1) is 5.75 Å². The van der Waals surface area contributed by atoms with Crippen molar-refractivity contribution in [3.8, 4) is 0 Å². The van der Waals surface area contributed by atoms with Crippen LogP contribution in [0, 0.1) is 5.82 Å². The van der Waals surface area contributed by atoms with Crippen molar-refractivity contribution in [2.24, 2.45) is 0 Å². The Morgan fingerprint density at radius 3 is 2.80 bits per heavy atom. The average Bonchev–Trinajstić information content (AvgIpc) is 2.43. The summed E-state index contributed by atoms with van der Waals surface area (Å²) >= 11 is 1.46. The van der Waals surface area contributed by atoms with Crippen LogP contribution in [-0.4, -0.2) is 42.7 Å². The van der Waals surface area contributed by atoms with Gasteiger partial charge < -0.3 is 10.2 Å². The first-order valence-electron chi connectivity index (χ1n) is 6.94. The maximum atomic E-state index is 13.4. The number of benzene rings is 1. The second kappa shape index (κ2) is 7.64.